The van der Waals surface area contributed by atoms with Gasteiger partial charge < -0.3 is 19.3 Å². The predicted molar refractivity (Wildman–Crippen MR) is 71.6 cm³/mol. The molecule has 0 amide bonds. The van der Waals surface area contributed by atoms with Crippen molar-refractivity contribution >= 4 is 0 Å². The minimum Gasteiger partial charge on any atom is -0.497 e. The molecule has 19 heavy (non-hydrogen) atoms. The van der Waals surface area contributed by atoms with Crippen molar-refractivity contribution in [1.29, 1.82) is 0 Å². The third-order valence-corrected chi connectivity index (χ3v) is 3.31. The van der Waals surface area contributed by atoms with Crippen molar-refractivity contribution in [3.63, 3.8) is 0 Å². The zero-order valence-corrected chi connectivity index (χ0v) is 11.5. The largest absolute Gasteiger partial charge is 0.497 e. The summed E-state index contributed by atoms with van der Waals surface area (Å²) in [6.07, 6.45) is -0.0923. The van der Waals surface area contributed by atoms with E-state index in [4.69, 9.17) is 19.3 Å². The molecular weight excluding hydrogens is 246 g/mol. The summed E-state index contributed by atoms with van der Waals surface area (Å²) in [6, 6.07) is 5.79. The minimum absolute atomic E-state index is 0.0613. The van der Waals surface area contributed by atoms with Crippen LogP contribution < -0.4 is 9.47 Å². The van der Waals surface area contributed by atoms with Gasteiger partial charge in [-0.2, -0.15) is 0 Å². The highest BCUT2D eigenvalue weighted by Crippen LogP contribution is 2.25. The summed E-state index contributed by atoms with van der Waals surface area (Å²) in [5.41, 5.74) is 1.08. The van der Waals surface area contributed by atoms with Crippen LogP contribution in [0.15, 0.2) is 18.2 Å². The van der Waals surface area contributed by atoms with Crippen molar-refractivity contribution in [3.8, 4) is 11.5 Å². The molecule has 2 rings (SSSR count). The van der Waals surface area contributed by atoms with Crippen LogP contribution >= 0.6 is 0 Å². The molecule has 1 unspecified atom stereocenters. The molecule has 5 nitrogen and oxygen atoms in total. The zero-order chi connectivity index (χ0) is 13.7. The summed E-state index contributed by atoms with van der Waals surface area (Å²) in [6.45, 7) is 3.07. The highest BCUT2D eigenvalue weighted by Gasteiger charge is 2.20. The Kier molecular flexibility index (Phi) is 5.01. The van der Waals surface area contributed by atoms with Crippen LogP contribution in [0, 0.1) is 0 Å². The van der Waals surface area contributed by atoms with Crippen LogP contribution in [0.4, 0.5) is 0 Å². The number of hydrogen-bond acceptors (Lipinski definition) is 5. The van der Waals surface area contributed by atoms with Gasteiger partial charge in [-0.25, -0.2) is 0 Å². The number of morpholine rings is 1. The average Bonchev–Trinajstić information content (AvgIpc) is 2.47. The van der Waals surface area contributed by atoms with Crippen molar-refractivity contribution in [1.82, 2.24) is 4.90 Å². The second kappa shape index (κ2) is 6.75. The van der Waals surface area contributed by atoms with Crippen LogP contribution in [0.5, 0.6) is 11.5 Å². The summed E-state index contributed by atoms with van der Waals surface area (Å²) in [4.78, 5) is 2.25. The normalized spacial score (nSPS) is 20.3. The Balaban J connectivity index is 2.08. The molecular formula is C14H21NO4. The van der Waals surface area contributed by atoms with E-state index in [1.807, 2.05) is 18.2 Å². The Bertz CT molecular complexity index is 410. The number of nitrogens with zero attached hydrogens (tertiary/aromatic N) is 1. The molecule has 0 aromatic heterocycles. The quantitative estimate of drug-likeness (QED) is 0.859. The molecule has 0 radical (unpaired) electrons. The molecule has 1 aromatic rings. The number of aliphatic hydroxyl groups is 1. The van der Waals surface area contributed by atoms with Crippen molar-refractivity contribution < 1.29 is 19.3 Å². The fourth-order valence-electron chi connectivity index (χ4n) is 2.28. The first kappa shape index (κ1) is 14.1. The lowest BCUT2D eigenvalue weighted by molar-refractivity contribution is -0.0552. The van der Waals surface area contributed by atoms with E-state index in [0.29, 0.717) is 6.61 Å². The maximum atomic E-state index is 9.16. The van der Waals surface area contributed by atoms with Gasteiger partial charge in [0.15, 0.2) is 0 Å². The third-order valence-electron chi connectivity index (χ3n) is 3.31. The highest BCUT2D eigenvalue weighted by atomic mass is 16.5. The molecule has 1 aliphatic rings. The number of methoxy groups -OCH3 is 2. The molecule has 1 N–H and O–H groups in total. The van der Waals surface area contributed by atoms with Crippen LogP contribution in [0.1, 0.15) is 5.56 Å². The van der Waals surface area contributed by atoms with Crippen molar-refractivity contribution in [3.05, 3.63) is 23.8 Å². The maximum absolute atomic E-state index is 9.16. The Morgan fingerprint density at radius 3 is 2.89 bits per heavy atom. The van der Waals surface area contributed by atoms with Crippen molar-refractivity contribution in [2.24, 2.45) is 0 Å². The Hall–Kier alpha value is -1.30. The van der Waals surface area contributed by atoms with Gasteiger partial charge in [-0.15, -0.1) is 0 Å². The zero-order valence-electron chi connectivity index (χ0n) is 11.5. The molecule has 1 atom stereocenters. The third kappa shape index (κ3) is 3.59. The van der Waals surface area contributed by atoms with Crippen LogP contribution in [0.3, 0.4) is 0 Å². The summed E-state index contributed by atoms with van der Waals surface area (Å²) >= 11 is 0. The van der Waals surface area contributed by atoms with Gasteiger partial charge >= 0.3 is 0 Å². The number of aliphatic hydroxyl groups excluding tert-OH is 1. The molecule has 1 saturated heterocycles. The lowest BCUT2D eigenvalue weighted by atomic mass is 10.1. The molecule has 1 fully saturated rings. The lowest BCUT2D eigenvalue weighted by Crippen LogP contribution is -2.43. The Morgan fingerprint density at radius 1 is 1.37 bits per heavy atom. The number of ether oxygens (including phenoxy) is 3. The van der Waals surface area contributed by atoms with Gasteiger partial charge in [-0.3, -0.25) is 4.90 Å². The fourth-order valence-corrected chi connectivity index (χ4v) is 2.28. The first-order valence-electron chi connectivity index (χ1n) is 6.42. The SMILES string of the molecule is COc1ccc(OC)c(CN2CCOC(CO)C2)c1. The smallest absolute Gasteiger partial charge is 0.123 e. The minimum atomic E-state index is -0.0923. The van der Waals surface area contributed by atoms with E-state index in [1.54, 1.807) is 14.2 Å². The van der Waals surface area contributed by atoms with Crippen molar-refractivity contribution in [2.45, 2.75) is 12.6 Å². The monoisotopic (exact) mass is 267 g/mol. The fraction of sp³-hybridized carbons (Fsp3) is 0.571. The second-order valence-electron chi connectivity index (χ2n) is 4.59. The van der Waals surface area contributed by atoms with Gasteiger partial charge in [0.25, 0.3) is 0 Å². The maximum Gasteiger partial charge on any atom is 0.123 e. The van der Waals surface area contributed by atoms with Crippen LogP contribution in [0.2, 0.25) is 0 Å². The van der Waals surface area contributed by atoms with Gasteiger partial charge in [0.2, 0.25) is 0 Å². The van der Waals surface area contributed by atoms with Crippen LogP contribution in [0.25, 0.3) is 0 Å². The lowest BCUT2D eigenvalue weighted by Gasteiger charge is -2.32. The molecule has 0 bridgehead atoms. The van der Waals surface area contributed by atoms with E-state index in [-0.39, 0.29) is 12.7 Å². The van der Waals surface area contributed by atoms with E-state index in [2.05, 4.69) is 4.90 Å². The van der Waals surface area contributed by atoms with Crippen LogP contribution in [-0.2, 0) is 11.3 Å². The highest BCUT2D eigenvalue weighted by molar-refractivity contribution is 5.40. The van der Waals surface area contributed by atoms with Crippen LogP contribution in [-0.4, -0.2) is 56.6 Å². The molecule has 0 aliphatic carbocycles. The summed E-state index contributed by atoms with van der Waals surface area (Å²) in [5, 5.41) is 9.16. The number of benzene rings is 1. The molecule has 106 valence electrons. The van der Waals surface area contributed by atoms with Gasteiger partial charge in [-0.05, 0) is 18.2 Å². The molecule has 1 aliphatic heterocycles. The Morgan fingerprint density at radius 2 is 2.21 bits per heavy atom. The van der Waals surface area contributed by atoms with Gasteiger partial charge in [0.1, 0.15) is 11.5 Å². The second-order valence-corrected chi connectivity index (χ2v) is 4.59. The molecule has 0 saturated carbocycles. The van der Waals surface area contributed by atoms with Gasteiger partial charge in [0, 0.05) is 25.2 Å². The summed E-state index contributed by atoms with van der Waals surface area (Å²) < 4.78 is 16.1. The first-order valence-corrected chi connectivity index (χ1v) is 6.42. The molecule has 1 aromatic carbocycles. The first-order chi connectivity index (χ1) is 9.26. The van der Waals surface area contributed by atoms with Gasteiger partial charge in [0.05, 0.1) is 33.5 Å². The molecule has 1 heterocycles. The number of hydrogen-bond donors (Lipinski definition) is 1. The van der Waals surface area contributed by atoms with E-state index in [0.717, 1.165) is 36.7 Å². The summed E-state index contributed by atoms with van der Waals surface area (Å²) in [5.74, 6) is 1.68. The Labute approximate surface area is 113 Å². The summed E-state index contributed by atoms with van der Waals surface area (Å²) in [7, 11) is 3.32. The van der Waals surface area contributed by atoms with E-state index in [1.165, 1.54) is 0 Å². The van der Waals surface area contributed by atoms with E-state index < -0.39 is 0 Å². The molecule has 5 heteroatoms. The predicted octanol–water partition coefficient (Wildman–Crippen LogP) is 0.897. The standard InChI is InChI=1S/C14H21NO4/c1-17-12-3-4-14(18-2)11(7-12)8-15-5-6-19-13(9-15)10-16/h3-4,7,13,16H,5-6,8-10H2,1-2H3. The van der Waals surface area contributed by atoms with E-state index in [9.17, 15) is 0 Å². The number of rotatable bonds is 5. The topological polar surface area (TPSA) is 51.2 Å². The van der Waals surface area contributed by atoms with E-state index >= 15 is 0 Å². The molecule has 0 spiro atoms. The van der Waals surface area contributed by atoms with Crippen molar-refractivity contribution in [2.75, 3.05) is 40.5 Å². The average molecular weight is 267 g/mol. The van der Waals surface area contributed by atoms with Gasteiger partial charge in [-0.1, -0.05) is 0 Å².